The quantitative estimate of drug-likeness (QED) is 0.603. The SMILES string of the molecule is O=C1C(Cl)=C(N2CCN(C/C=C/c3ccccc3)CC2)C(=O)N1c1cccc(C(F)(F)F)c1. The van der Waals surface area contributed by atoms with Crippen molar-refractivity contribution in [2.75, 3.05) is 37.6 Å². The lowest BCUT2D eigenvalue weighted by molar-refractivity contribution is -0.137. The van der Waals surface area contributed by atoms with Crippen LogP contribution in [-0.2, 0) is 15.8 Å². The van der Waals surface area contributed by atoms with Gasteiger partial charge in [0.05, 0.1) is 11.3 Å². The average Bonchev–Trinajstić information content (AvgIpc) is 3.02. The predicted octanol–water partition coefficient (Wildman–Crippen LogP) is 4.36. The molecule has 9 heteroatoms. The van der Waals surface area contributed by atoms with E-state index in [1.807, 2.05) is 36.4 Å². The molecule has 0 aliphatic carbocycles. The van der Waals surface area contributed by atoms with Crippen LogP contribution < -0.4 is 4.90 Å². The van der Waals surface area contributed by atoms with Gasteiger partial charge in [0.25, 0.3) is 11.8 Å². The van der Waals surface area contributed by atoms with Gasteiger partial charge in [0, 0.05) is 32.7 Å². The maximum Gasteiger partial charge on any atom is 0.416 e. The second kappa shape index (κ2) is 9.41. The van der Waals surface area contributed by atoms with Crippen molar-refractivity contribution in [3.05, 3.63) is 82.5 Å². The van der Waals surface area contributed by atoms with Crippen molar-refractivity contribution in [2.24, 2.45) is 0 Å². The molecule has 0 aromatic heterocycles. The second-order valence-corrected chi connectivity index (χ2v) is 8.14. The molecule has 0 saturated carbocycles. The first-order chi connectivity index (χ1) is 15.8. The minimum Gasteiger partial charge on any atom is -0.363 e. The number of nitrogens with zero attached hydrogens (tertiary/aromatic N) is 3. The molecule has 1 fully saturated rings. The molecule has 0 spiro atoms. The van der Waals surface area contributed by atoms with Crippen LogP contribution in [0.2, 0.25) is 0 Å². The number of hydrogen-bond donors (Lipinski definition) is 0. The molecule has 2 heterocycles. The largest absolute Gasteiger partial charge is 0.416 e. The molecule has 0 N–H and O–H groups in total. The van der Waals surface area contributed by atoms with E-state index in [-0.39, 0.29) is 16.4 Å². The summed E-state index contributed by atoms with van der Waals surface area (Å²) in [4.78, 5) is 30.3. The van der Waals surface area contributed by atoms with Gasteiger partial charge in [-0.05, 0) is 23.8 Å². The van der Waals surface area contributed by atoms with E-state index in [0.717, 1.165) is 30.3 Å². The molecule has 2 amide bonds. The molecule has 172 valence electrons. The van der Waals surface area contributed by atoms with Crippen molar-refractivity contribution in [1.29, 1.82) is 0 Å². The zero-order valence-electron chi connectivity index (χ0n) is 17.6. The standard InChI is InChI=1S/C24H21ClF3N3O2/c25-20-21(23(33)31(22(20)32)19-10-4-9-18(16-19)24(26,27)28)30-14-12-29(13-15-30)11-5-8-17-6-2-1-3-7-17/h1-10,16H,11-15H2/b8-5+. The number of anilines is 1. The molecular weight excluding hydrogens is 455 g/mol. The summed E-state index contributed by atoms with van der Waals surface area (Å²) in [6, 6.07) is 14.0. The van der Waals surface area contributed by atoms with Crippen LogP contribution in [0.3, 0.4) is 0 Å². The highest BCUT2D eigenvalue weighted by Gasteiger charge is 2.42. The lowest BCUT2D eigenvalue weighted by Crippen LogP contribution is -2.47. The summed E-state index contributed by atoms with van der Waals surface area (Å²) in [7, 11) is 0. The summed E-state index contributed by atoms with van der Waals surface area (Å²) in [6.45, 7) is 2.98. The Morgan fingerprint density at radius 2 is 1.61 bits per heavy atom. The maximum absolute atomic E-state index is 13.1. The molecule has 4 rings (SSSR count). The first-order valence-electron chi connectivity index (χ1n) is 10.4. The van der Waals surface area contributed by atoms with Crippen LogP contribution in [0.25, 0.3) is 6.08 Å². The summed E-state index contributed by atoms with van der Waals surface area (Å²) in [5.74, 6) is -1.52. The van der Waals surface area contributed by atoms with Crippen molar-refractivity contribution in [1.82, 2.24) is 9.80 Å². The number of benzene rings is 2. The lowest BCUT2D eigenvalue weighted by Gasteiger charge is -2.35. The van der Waals surface area contributed by atoms with Crippen LogP contribution in [0.5, 0.6) is 0 Å². The summed E-state index contributed by atoms with van der Waals surface area (Å²) in [5.41, 5.74) is 0.0522. The predicted molar refractivity (Wildman–Crippen MR) is 120 cm³/mol. The monoisotopic (exact) mass is 475 g/mol. The number of carbonyl (C=O) groups is 2. The van der Waals surface area contributed by atoms with Crippen LogP contribution in [-0.4, -0.2) is 54.3 Å². The Hall–Kier alpha value is -3.10. The third-order valence-corrected chi connectivity index (χ3v) is 5.94. The maximum atomic E-state index is 13.1. The highest BCUT2D eigenvalue weighted by Crippen LogP contribution is 2.35. The second-order valence-electron chi connectivity index (χ2n) is 7.76. The Morgan fingerprint density at radius 3 is 2.27 bits per heavy atom. The smallest absolute Gasteiger partial charge is 0.363 e. The van der Waals surface area contributed by atoms with Gasteiger partial charge >= 0.3 is 6.18 Å². The van der Waals surface area contributed by atoms with Crippen LogP contribution >= 0.6 is 11.6 Å². The molecule has 5 nitrogen and oxygen atoms in total. The van der Waals surface area contributed by atoms with Gasteiger partial charge in [0.2, 0.25) is 0 Å². The molecule has 33 heavy (non-hydrogen) atoms. The molecule has 0 atom stereocenters. The van der Waals surface area contributed by atoms with Gasteiger partial charge in [-0.3, -0.25) is 14.5 Å². The average molecular weight is 476 g/mol. The fourth-order valence-corrected chi connectivity index (χ4v) is 4.16. The zero-order valence-corrected chi connectivity index (χ0v) is 18.3. The molecule has 0 unspecified atom stereocenters. The summed E-state index contributed by atoms with van der Waals surface area (Å²) >= 11 is 6.20. The molecule has 2 aromatic carbocycles. The highest BCUT2D eigenvalue weighted by atomic mass is 35.5. The minimum absolute atomic E-state index is 0.0403. The van der Waals surface area contributed by atoms with Gasteiger partial charge < -0.3 is 4.90 Å². The van der Waals surface area contributed by atoms with E-state index >= 15 is 0 Å². The van der Waals surface area contributed by atoms with Gasteiger partial charge in [-0.25, -0.2) is 4.90 Å². The summed E-state index contributed by atoms with van der Waals surface area (Å²) < 4.78 is 39.2. The van der Waals surface area contributed by atoms with Crippen LogP contribution in [0.15, 0.2) is 71.4 Å². The van der Waals surface area contributed by atoms with Gasteiger partial charge in [-0.2, -0.15) is 13.2 Å². The van der Waals surface area contributed by atoms with E-state index in [4.69, 9.17) is 11.6 Å². The number of rotatable bonds is 5. The number of piperazine rings is 1. The third kappa shape index (κ3) is 4.96. The van der Waals surface area contributed by atoms with E-state index in [0.29, 0.717) is 31.1 Å². The van der Waals surface area contributed by atoms with Crippen LogP contribution in [0, 0.1) is 0 Å². The molecule has 2 aliphatic heterocycles. The molecule has 2 aromatic rings. The number of hydrogen-bond acceptors (Lipinski definition) is 4. The van der Waals surface area contributed by atoms with Gasteiger partial charge in [-0.15, -0.1) is 0 Å². The topological polar surface area (TPSA) is 43.9 Å². The van der Waals surface area contributed by atoms with E-state index < -0.39 is 23.6 Å². The first kappa shape index (κ1) is 23.1. The Kier molecular flexibility index (Phi) is 6.58. The third-order valence-electron chi connectivity index (χ3n) is 5.60. The summed E-state index contributed by atoms with van der Waals surface area (Å²) in [6.07, 6.45) is -0.484. The van der Waals surface area contributed by atoms with Gasteiger partial charge in [0.1, 0.15) is 10.7 Å². The molecule has 1 saturated heterocycles. The number of carbonyl (C=O) groups excluding carboxylic acids is 2. The number of imide groups is 1. The van der Waals surface area contributed by atoms with E-state index in [1.54, 1.807) is 4.90 Å². The molecular formula is C24H21ClF3N3O2. The minimum atomic E-state index is -4.59. The number of alkyl halides is 3. The highest BCUT2D eigenvalue weighted by molar-refractivity contribution is 6.52. The Labute approximate surface area is 194 Å². The van der Waals surface area contributed by atoms with E-state index in [1.165, 1.54) is 6.07 Å². The number of amides is 2. The van der Waals surface area contributed by atoms with E-state index in [2.05, 4.69) is 11.0 Å². The first-order valence-corrected chi connectivity index (χ1v) is 10.8. The van der Waals surface area contributed by atoms with Crippen molar-refractivity contribution in [2.45, 2.75) is 6.18 Å². The van der Waals surface area contributed by atoms with Crippen molar-refractivity contribution >= 4 is 35.2 Å². The zero-order chi connectivity index (χ0) is 23.6. The normalized spacial score (nSPS) is 18.2. The Bertz CT molecular complexity index is 1110. The van der Waals surface area contributed by atoms with Gasteiger partial charge in [0.15, 0.2) is 0 Å². The van der Waals surface area contributed by atoms with Crippen molar-refractivity contribution in [3.8, 4) is 0 Å². The fraction of sp³-hybridized carbons (Fsp3) is 0.250. The molecule has 0 radical (unpaired) electrons. The Morgan fingerprint density at radius 1 is 0.909 bits per heavy atom. The summed E-state index contributed by atoms with van der Waals surface area (Å²) in [5, 5.41) is -0.269. The Balaban J connectivity index is 1.41. The lowest BCUT2D eigenvalue weighted by atomic mass is 10.2. The van der Waals surface area contributed by atoms with Crippen molar-refractivity contribution in [3.63, 3.8) is 0 Å². The van der Waals surface area contributed by atoms with Crippen LogP contribution in [0.1, 0.15) is 11.1 Å². The number of halogens is 4. The van der Waals surface area contributed by atoms with E-state index in [9.17, 15) is 22.8 Å². The molecule has 0 bridgehead atoms. The fourth-order valence-electron chi connectivity index (χ4n) is 3.88. The van der Waals surface area contributed by atoms with Crippen molar-refractivity contribution < 1.29 is 22.8 Å². The van der Waals surface area contributed by atoms with Gasteiger partial charge in [-0.1, -0.05) is 60.2 Å². The molecule has 2 aliphatic rings. The van der Waals surface area contributed by atoms with Crippen LogP contribution in [0.4, 0.5) is 18.9 Å².